The standard InChI is InChI=1S/C33H48N4O/c1-7-8-29(31-21-35-32(19-24(31)5)36-25(6)34)33(22(2)3)30-20-27(10-9-23(30)4)26-11-15-37(16-12-26)28-13-17-38-18-14-28/h9-10,19-22,26,28H,7-8,11-18H2,1-6H3,(H2,34,35,36)/b33-29+. The fourth-order valence-electron chi connectivity index (χ4n) is 6.42. The number of aryl methyl sites for hydroxylation is 2. The van der Waals surface area contributed by atoms with Gasteiger partial charge in [-0.15, -0.1) is 0 Å². The number of allylic oxidation sites excluding steroid dienone is 2. The van der Waals surface area contributed by atoms with E-state index in [1.54, 1.807) is 6.92 Å². The summed E-state index contributed by atoms with van der Waals surface area (Å²) < 4.78 is 5.60. The van der Waals surface area contributed by atoms with Crippen molar-refractivity contribution < 1.29 is 4.74 Å². The average molecular weight is 517 g/mol. The lowest BCUT2D eigenvalue weighted by Gasteiger charge is -2.39. The van der Waals surface area contributed by atoms with Crippen LogP contribution in [0.25, 0.3) is 11.1 Å². The largest absolute Gasteiger partial charge is 0.387 e. The summed E-state index contributed by atoms with van der Waals surface area (Å²) in [6.45, 7) is 17.4. The van der Waals surface area contributed by atoms with Crippen molar-refractivity contribution in [2.45, 2.75) is 92.0 Å². The van der Waals surface area contributed by atoms with E-state index in [0.29, 0.717) is 29.5 Å². The predicted octanol–water partition coefficient (Wildman–Crippen LogP) is 7.43. The van der Waals surface area contributed by atoms with Crippen LogP contribution in [0.4, 0.5) is 5.82 Å². The summed E-state index contributed by atoms with van der Waals surface area (Å²) >= 11 is 0. The minimum absolute atomic E-state index is 0.407. The van der Waals surface area contributed by atoms with E-state index < -0.39 is 0 Å². The minimum Gasteiger partial charge on any atom is -0.387 e. The summed E-state index contributed by atoms with van der Waals surface area (Å²) in [5.74, 6) is 2.25. The molecule has 0 amide bonds. The Morgan fingerprint density at radius 2 is 1.76 bits per heavy atom. The highest BCUT2D eigenvalue weighted by atomic mass is 16.5. The van der Waals surface area contributed by atoms with E-state index in [1.807, 2.05) is 6.20 Å². The van der Waals surface area contributed by atoms with Crippen molar-refractivity contribution in [3.05, 3.63) is 58.3 Å². The Kier molecular flexibility index (Phi) is 9.78. The minimum atomic E-state index is 0.407. The number of piperidine rings is 1. The number of pyridine rings is 1. The van der Waals surface area contributed by atoms with Gasteiger partial charge in [0.2, 0.25) is 0 Å². The number of ether oxygens (including phenoxy) is 1. The zero-order valence-electron chi connectivity index (χ0n) is 24.5. The van der Waals surface area contributed by atoms with Gasteiger partial charge in [0.1, 0.15) is 0 Å². The molecule has 0 saturated carbocycles. The molecular weight excluding hydrogens is 468 g/mol. The Hall–Kier alpha value is -2.50. The molecule has 2 fully saturated rings. The van der Waals surface area contributed by atoms with Crippen LogP contribution in [0.1, 0.15) is 100.0 Å². The summed E-state index contributed by atoms with van der Waals surface area (Å²) in [6.07, 6.45) is 9.00. The van der Waals surface area contributed by atoms with Gasteiger partial charge in [0.05, 0.1) is 5.84 Å². The second-order valence-corrected chi connectivity index (χ2v) is 11.6. The first-order chi connectivity index (χ1) is 18.3. The molecule has 2 aromatic rings. The van der Waals surface area contributed by atoms with Gasteiger partial charge in [-0.05, 0) is 123 Å². The average Bonchev–Trinajstić information content (AvgIpc) is 2.90. The molecule has 5 heteroatoms. The first kappa shape index (κ1) is 28.5. The SMILES string of the molecule is CCC/C(=C(\c1cc(C2CCN(C3CCOCC3)CC2)ccc1C)C(C)C)c1cnc(N=C(C)N)cc1C. The first-order valence-electron chi connectivity index (χ1n) is 14.7. The second kappa shape index (κ2) is 13.0. The fourth-order valence-corrected chi connectivity index (χ4v) is 6.42. The van der Waals surface area contributed by atoms with Gasteiger partial charge in [0.15, 0.2) is 5.82 Å². The van der Waals surface area contributed by atoms with Crippen LogP contribution in [-0.4, -0.2) is 48.1 Å². The lowest BCUT2D eigenvalue weighted by Crippen LogP contribution is -2.43. The van der Waals surface area contributed by atoms with Gasteiger partial charge >= 0.3 is 0 Å². The van der Waals surface area contributed by atoms with Crippen LogP contribution in [0, 0.1) is 19.8 Å². The third-order valence-corrected chi connectivity index (χ3v) is 8.37. The van der Waals surface area contributed by atoms with Gasteiger partial charge in [0, 0.05) is 25.5 Å². The van der Waals surface area contributed by atoms with E-state index in [2.05, 4.69) is 73.8 Å². The van der Waals surface area contributed by atoms with Crippen LogP contribution in [0.3, 0.4) is 0 Å². The summed E-state index contributed by atoms with van der Waals surface area (Å²) in [5.41, 5.74) is 15.4. The Morgan fingerprint density at radius 3 is 2.37 bits per heavy atom. The monoisotopic (exact) mass is 516 g/mol. The Morgan fingerprint density at radius 1 is 1.05 bits per heavy atom. The number of amidine groups is 1. The second-order valence-electron chi connectivity index (χ2n) is 11.6. The third-order valence-electron chi connectivity index (χ3n) is 8.37. The van der Waals surface area contributed by atoms with Crippen molar-refractivity contribution in [2.24, 2.45) is 16.6 Å². The van der Waals surface area contributed by atoms with Crippen LogP contribution >= 0.6 is 0 Å². The molecule has 1 aromatic heterocycles. The number of nitrogens with zero attached hydrogens (tertiary/aromatic N) is 3. The summed E-state index contributed by atoms with van der Waals surface area (Å²) in [5, 5.41) is 0. The molecule has 38 heavy (non-hydrogen) atoms. The Bertz CT molecular complexity index is 1150. The highest BCUT2D eigenvalue weighted by Gasteiger charge is 2.28. The van der Waals surface area contributed by atoms with Crippen molar-refractivity contribution >= 4 is 22.8 Å². The summed E-state index contributed by atoms with van der Waals surface area (Å²) in [7, 11) is 0. The molecule has 0 unspecified atom stereocenters. The third kappa shape index (κ3) is 6.73. The summed E-state index contributed by atoms with van der Waals surface area (Å²) in [4.78, 5) is 11.8. The van der Waals surface area contributed by atoms with Crippen LogP contribution in [0.15, 0.2) is 35.5 Å². The van der Waals surface area contributed by atoms with Crippen molar-refractivity contribution in [1.82, 2.24) is 9.88 Å². The molecule has 0 aliphatic carbocycles. The molecule has 4 rings (SSSR count). The zero-order valence-corrected chi connectivity index (χ0v) is 24.5. The number of aromatic nitrogens is 1. The maximum absolute atomic E-state index is 5.81. The molecule has 0 spiro atoms. The topological polar surface area (TPSA) is 63.7 Å². The number of rotatable bonds is 8. The molecular formula is C33H48N4O. The van der Waals surface area contributed by atoms with Gasteiger partial charge in [-0.2, -0.15) is 0 Å². The lowest BCUT2D eigenvalue weighted by atomic mass is 9.80. The van der Waals surface area contributed by atoms with E-state index in [-0.39, 0.29) is 0 Å². The van der Waals surface area contributed by atoms with Gasteiger partial charge in [-0.25, -0.2) is 9.98 Å². The fraction of sp³-hybridized carbons (Fsp3) is 0.576. The number of nitrogens with two attached hydrogens (primary N) is 1. The first-order valence-corrected chi connectivity index (χ1v) is 14.7. The number of benzene rings is 1. The van der Waals surface area contributed by atoms with Crippen LogP contribution < -0.4 is 5.73 Å². The van der Waals surface area contributed by atoms with Crippen LogP contribution in [0.2, 0.25) is 0 Å². The van der Waals surface area contributed by atoms with Gasteiger partial charge in [0.25, 0.3) is 0 Å². The molecule has 2 saturated heterocycles. The highest BCUT2D eigenvalue weighted by Crippen LogP contribution is 2.40. The highest BCUT2D eigenvalue weighted by molar-refractivity contribution is 5.93. The van der Waals surface area contributed by atoms with E-state index in [4.69, 9.17) is 10.5 Å². The number of hydrogen-bond acceptors (Lipinski definition) is 4. The van der Waals surface area contributed by atoms with Crippen LogP contribution in [0.5, 0.6) is 0 Å². The number of hydrogen-bond donors (Lipinski definition) is 1. The molecule has 5 nitrogen and oxygen atoms in total. The van der Waals surface area contributed by atoms with Gasteiger partial charge in [-0.3, -0.25) is 0 Å². The molecule has 3 heterocycles. The molecule has 0 bridgehead atoms. The van der Waals surface area contributed by atoms with Gasteiger partial charge in [-0.1, -0.05) is 45.4 Å². The Labute approximate surface area is 230 Å². The van der Waals surface area contributed by atoms with Crippen molar-refractivity contribution in [2.75, 3.05) is 26.3 Å². The van der Waals surface area contributed by atoms with Crippen molar-refractivity contribution in [3.63, 3.8) is 0 Å². The molecule has 2 aliphatic rings. The smallest absolute Gasteiger partial charge is 0.154 e. The van der Waals surface area contributed by atoms with Crippen molar-refractivity contribution in [3.8, 4) is 0 Å². The normalized spacial score (nSPS) is 19.2. The summed E-state index contributed by atoms with van der Waals surface area (Å²) in [6, 6.07) is 10.0. The molecule has 0 radical (unpaired) electrons. The van der Waals surface area contributed by atoms with E-state index >= 15 is 0 Å². The van der Waals surface area contributed by atoms with Crippen molar-refractivity contribution in [1.29, 1.82) is 0 Å². The Balaban J connectivity index is 1.67. The van der Waals surface area contributed by atoms with E-state index in [9.17, 15) is 0 Å². The quantitative estimate of drug-likeness (QED) is 0.293. The molecule has 1 aromatic carbocycles. The molecule has 2 N–H and O–H groups in total. The zero-order chi connectivity index (χ0) is 27.2. The van der Waals surface area contributed by atoms with Crippen LogP contribution in [-0.2, 0) is 4.74 Å². The maximum atomic E-state index is 5.81. The molecule has 2 aliphatic heterocycles. The number of aliphatic imine (C=N–C) groups is 1. The maximum Gasteiger partial charge on any atom is 0.154 e. The van der Waals surface area contributed by atoms with Gasteiger partial charge < -0.3 is 15.4 Å². The lowest BCUT2D eigenvalue weighted by molar-refractivity contribution is 0.0252. The van der Waals surface area contributed by atoms with E-state index in [0.717, 1.165) is 26.1 Å². The van der Waals surface area contributed by atoms with E-state index in [1.165, 1.54) is 77.7 Å². The molecule has 206 valence electrons. The number of likely N-dealkylation sites (tertiary alicyclic amines) is 1. The predicted molar refractivity (Wildman–Crippen MR) is 161 cm³/mol. The molecule has 0 atom stereocenters.